The summed E-state index contributed by atoms with van der Waals surface area (Å²) in [4.78, 5) is 11.9. The molecule has 4 heteroatoms. The fourth-order valence-corrected chi connectivity index (χ4v) is 4.91. The predicted octanol–water partition coefficient (Wildman–Crippen LogP) is 4.25. The van der Waals surface area contributed by atoms with Gasteiger partial charge in [0.05, 0.1) is 12.2 Å². The molecule has 0 aliphatic heterocycles. The van der Waals surface area contributed by atoms with Gasteiger partial charge in [0, 0.05) is 0 Å². The predicted molar refractivity (Wildman–Crippen MR) is 84.5 cm³/mol. The average Bonchev–Trinajstić information content (AvgIpc) is 2.50. The molecular formula is C16H26O3Si. The Bertz CT molecular complexity index is 393. The van der Waals surface area contributed by atoms with Crippen molar-refractivity contribution < 1.29 is 14.0 Å². The molecule has 1 unspecified atom stereocenters. The third kappa shape index (κ3) is 4.76. The molecule has 1 atom stereocenters. The lowest BCUT2D eigenvalue weighted by Crippen LogP contribution is -2.38. The summed E-state index contributed by atoms with van der Waals surface area (Å²) in [6.07, 6.45) is -0.209. The quantitative estimate of drug-likeness (QED) is 0.531. The molecule has 0 fully saturated rings. The molecule has 112 valence electrons. The van der Waals surface area contributed by atoms with E-state index in [4.69, 9.17) is 9.16 Å². The van der Waals surface area contributed by atoms with Crippen LogP contribution in [0.3, 0.4) is 0 Å². The van der Waals surface area contributed by atoms with Crippen molar-refractivity contribution in [3.8, 4) is 0 Å². The van der Waals surface area contributed by atoms with Crippen LogP contribution >= 0.6 is 0 Å². The number of carbonyl (C=O) groups excluding carboxylic acids is 1. The summed E-state index contributed by atoms with van der Waals surface area (Å²) in [7, 11) is -1.60. The van der Waals surface area contributed by atoms with E-state index in [0.717, 1.165) is 18.1 Å². The van der Waals surface area contributed by atoms with Crippen LogP contribution in [0.1, 0.15) is 38.1 Å². The zero-order valence-electron chi connectivity index (χ0n) is 13.0. The normalized spacial score (nSPS) is 13.0. The molecule has 0 amide bonds. The summed E-state index contributed by atoms with van der Waals surface area (Å²) in [5, 5.41) is 0. The molecule has 0 heterocycles. The van der Waals surface area contributed by atoms with Crippen molar-refractivity contribution in [2.24, 2.45) is 0 Å². The molecule has 0 saturated carbocycles. The second kappa shape index (κ2) is 8.22. The van der Waals surface area contributed by atoms with Crippen molar-refractivity contribution in [3.63, 3.8) is 0 Å². The van der Waals surface area contributed by atoms with Crippen LogP contribution in [0.4, 0.5) is 0 Å². The number of rotatable bonds is 8. The van der Waals surface area contributed by atoms with E-state index in [0.29, 0.717) is 12.2 Å². The molecule has 0 N–H and O–H groups in total. The maximum atomic E-state index is 11.9. The van der Waals surface area contributed by atoms with Gasteiger partial charge in [0.1, 0.15) is 6.10 Å². The lowest BCUT2D eigenvalue weighted by atomic mass is 10.2. The molecular weight excluding hydrogens is 268 g/mol. The third-order valence-corrected chi connectivity index (χ3v) is 8.52. The van der Waals surface area contributed by atoms with Crippen molar-refractivity contribution in [1.82, 2.24) is 0 Å². The third-order valence-electron chi connectivity index (χ3n) is 3.87. The van der Waals surface area contributed by atoms with E-state index in [9.17, 15) is 4.79 Å². The topological polar surface area (TPSA) is 35.5 Å². The van der Waals surface area contributed by atoms with Gasteiger partial charge in [-0.15, -0.1) is 0 Å². The standard InChI is InChI=1S/C16H26O3Si/c1-5-20(6-2,7-3)18-13-14(4)19-16(17)15-11-9-8-10-12-15/h8-12,14H,5-7,13H2,1-4H3. The van der Waals surface area contributed by atoms with E-state index in [-0.39, 0.29) is 12.1 Å². The first-order valence-electron chi connectivity index (χ1n) is 7.47. The number of benzene rings is 1. The van der Waals surface area contributed by atoms with Gasteiger partial charge in [-0.3, -0.25) is 0 Å². The molecule has 3 nitrogen and oxygen atoms in total. The number of esters is 1. The van der Waals surface area contributed by atoms with E-state index < -0.39 is 8.32 Å². The van der Waals surface area contributed by atoms with Crippen LogP contribution in [0, 0.1) is 0 Å². The van der Waals surface area contributed by atoms with Gasteiger partial charge in [-0.1, -0.05) is 39.0 Å². The summed E-state index contributed by atoms with van der Waals surface area (Å²) in [6, 6.07) is 12.4. The minimum Gasteiger partial charge on any atom is -0.457 e. The van der Waals surface area contributed by atoms with Gasteiger partial charge in [-0.05, 0) is 37.2 Å². The first-order chi connectivity index (χ1) is 9.56. The monoisotopic (exact) mass is 294 g/mol. The Kier molecular flexibility index (Phi) is 6.95. The van der Waals surface area contributed by atoms with Crippen LogP contribution in [0.2, 0.25) is 18.1 Å². The first kappa shape index (κ1) is 16.9. The van der Waals surface area contributed by atoms with Crippen molar-refractivity contribution in [1.29, 1.82) is 0 Å². The number of carbonyl (C=O) groups is 1. The van der Waals surface area contributed by atoms with Crippen LogP contribution < -0.4 is 0 Å². The Morgan fingerprint density at radius 3 is 2.15 bits per heavy atom. The van der Waals surface area contributed by atoms with Crippen molar-refractivity contribution in [2.75, 3.05) is 6.61 Å². The molecule has 1 aromatic carbocycles. The van der Waals surface area contributed by atoms with Crippen molar-refractivity contribution >= 4 is 14.3 Å². The molecule has 1 aromatic rings. The largest absolute Gasteiger partial charge is 0.457 e. The Morgan fingerprint density at radius 1 is 1.10 bits per heavy atom. The van der Waals surface area contributed by atoms with Crippen LogP contribution in [-0.4, -0.2) is 27.0 Å². The maximum absolute atomic E-state index is 11.9. The molecule has 1 rings (SSSR count). The fraction of sp³-hybridized carbons (Fsp3) is 0.562. The Hall–Kier alpha value is -1.13. The fourth-order valence-electron chi connectivity index (χ4n) is 2.21. The minimum absolute atomic E-state index is 0.209. The van der Waals surface area contributed by atoms with Gasteiger partial charge >= 0.3 is 5.97 Å². The smallest absolute Gasteiger partial charge is 0.338 e. The lowest BCUT2D eigenvalue weighted by Gasteiger charge is -2.29. The molecule has 0 aromatic heterocycles. The van der Waals surface area contributed by atoms with Gasteiger partial charge in [-0.25, -0.2) is 4.79 Å². The maximum Gasteiger partial charge on any atom is 0.338 e. The zero-order chi connectivity index (χ0) is 15.0. The van der Waals surface area contributed by atoms with Crippen molar-refractivity contribution in [2.45, 2.75) is 51.9 Å². The van der Waals surface area contributed by atoms with Crippen LogP contribution in [0.15, 0.2) is 30.3 Å². The Morgan fingerprint density at radius 2 is 1.65 bits per heavy atom. The highest BCUT2D eigenvalue weighted by atomic mass is 28.4. The number of hydrogen-bond acceptors (Lipinski definition) is 3. The summed E-state index contributed by atoms with van der Waals surface area (Å²) in [5.41, 5.74) is 0.587. The highest BCUT2D eigenvalue weighted by molar-refractivity contribution is 6.73. The Balaban J connectivity index is 2.48. The number of ether oxygens (including phenoxy) is 1. The summed E-state index contributed by atoms with van der Waals surface area (Å²) in [5.74, 6) is -0.279. The summed E-state index contributed by atoms with van der Waals surface area (Å²) >= 11 is 0. The van der Waals surface area contributed by atoms with Gasteiger partial charge in [0.15, 0.2) is 8.32 Å². The molecule has 0 spiro atoms. The zero-order valence-corrected chi connectivity index (χ0v) is 14.0. The van der Waals surface area contributed by atoms with Crippen molar-refractivity contribution in [3.05, 3.63) is 35.9 Å². The van der Waals surface area contributed by atoms with E-state index >= 15 is 0 Å². The minimum atomic E-state index is -1.60. The van der Waals surface area contributed by atoms with Crippen LogP contribution in [0.25, 0.3) is 0 Å². The molecule has 0 saturated heterocycles. The van der Waals surface area contributed by atoms with E-state index in [1.807, 2.05) is 25.1 Å². The highest BCUT2D eigenvalue weighted by Crippen LogP contribution is 2.22. The SMILES string of the molecule is CC[Si](CC)(CC)OCC(C)OC(=O)c1ccccc1. The number of hydrogen-bond donors (Lipinski definition) is 0. The second-order valence-electron chi connectivity index (χ2n) is 5.14. The summed E-state index contributed by atoms with van der Waals surface area (Å²) < 4.78 is 11.6. The molecule has 20 heavy (non-hydrogen) atoms. The van der Waals surface area contributed by atoms with Gasteiger partial charge < -0.3 is 9.16 Å². The summed E-state index contributed by atoms with van der Waals surface area (Å²) in [6.45, 7) is 8.97. The average molecular weight is 294 g/mol. The molecule has 0 aliphatic carbocycles. The second-order valence-corrected chi connectivity index (χ2v) is 9.91. The van der Waals surface area contributed by atoms with E-state index in [1.54, 1.807) is 12.1 Å². The van der Waals surface area contributed by atoms with Gasteiger partial charge in [-0.2, -0.15) is 0 Å². The van der Waals surface area contributed by atoms with E-state index in [1.165, 1.54) is 0 Å². The molecule has 0 bridgehead atoms. The lowest BCUT2D eigenvalue weighted by molar-refractivity contribution is 0.0215. The van der Waals surface area contributed by atoms with E-state index in [2.05, 4.69) is 20.8 Å². The van der Waals surface area contributed by atoms with Gasteiger partial charge in [0.25, 0.3) is 0 Å². The molecule has 0 aliphatic rings. The molecule has 0 radical (unpaired) electrons. The highest BCUT2D eigenvalue weighted by Gasteiger charge is 2.29. The van der Waals surface area contributed by atoms with Crippen LogP contribution in [0.5, 0.6) is 0 Å². The van der Waals surface area contributed by atoms with Gasteiger partial charge in [0.2, 0.25) is 0 Å². The first-order valence-corrected chi connectivity index (χ1v) is 9.99. The van der Waals surface area contributed by atoms with Crippen LogP contribution in [-0.2, 0) is 9.16 Å². The Labute approximate surface area is 123 Å².